The Labute approximate surface area is 77.6 Å². The first-order valence-electron chi connectivity index (χ1n) is 0.400. The Morgan fingerprint density at radius 2 is 0.833 bits per heavy atom. The molecule has 0 heterocycles. The van der Waals surface area contributed by atoms with E-state index in [0.717, 1.165) is 0 Å². The van der Waals surface area contributed by atoms with Crippen molar-refractivity contribution >= 4 is 0 Å². The van der Waals surface area contributed by atoms with E-state index in [0.29, 0.717) is 0 Å². The van der Waals surface area contributed by atoms with Gasteiger partial charge in [0.15, 0.2) is 0 Å². The molecular weight excluding hydrogens is 122 g/mol. The van der Waals surface area contributed by atoms with Crippen molar-refractivity contribution < 1.29 is 78.5 Å². The molecule has 0 aliphatic rings. The summed E-state index contributed by atoms with van der Waals surface area (Å²) in [5, 5.41) is 24.0. The molecule has 0 amide bonds. The predicted octanol–water partition coefficient (Wildman–Crippen LogP) is -2.70. The van der Waals surface area contributed by atoms with Crippen LogP contribution in [0.5, 0.6) is 0 Å². The van der Waals surface area contributed by atoms with Crippen molar-refractivity contribution in [3.63, 3.8) is 0 Å². The zero-order valence-corrected chi connectivity index (χ0v) is 6.32. The summed E-state index contributed by atoms with van der Waals surface area (Å²) in [6, 6.07) is 0. The maximum absolute atomic E-state index is 6.00. The van der Waals surface area contributed by atoms with Crippen molar-refractivity contribution in [3.8, 4) is 0 Å². The SMILES string of the molecule is F.OO.OO.[H-].[K+]. The van der Waals surface area contributed by atoms with E-state index in [2.05, 4.69) is 0 Å². The third kappa shape index (κ3) is 53.1. The quantitative estimate of drug-likeness (QED) is 0.163. The average molecular weight is 128 g/mol. The number of halogens is 1. The maximum atomic E-state index is 6.00. The molecule has 0 aromatic heterocycles. The van der Waals surface area contributed by atoms with Crippen molar-refractivity contribution in [3.05, 3.63) is 0 Å². The van der Waals surface area contributed by atoms with E-state index in [1.165, 1.54) is 0 Å². The molecule has 0 rings (SSSR count). The van der Waals surface area contributed by atoms with Gasteiger partial charge in [0.25, 0.3) is 0 Å². The van der Waals surface area contributed by atoms with Crippen LogP contribution >= 0.6 is 0 Å². The van der Waals surface area contributed by atoms with Gasteiger partial charge in [-0.1, -0.05) is 0 Å². The van der Waals surface area contributed by atoms with Crippen LogP contribution in [0.25, 0.3) is 0 Å². The fraction of sp³-hybridized carbons (Fsp3) is 0. The Bertz CT molecular complexity index is 11.7. The molecule has 0 aliphatic carbocycles. The predicted molar refractivity (Wildman–Crippen MR) is 14.1 cm³/mol. The molecule has 0 saturated carbocycles. The van der Waals surface area contributed by atoms with E-state index in [9.17, 15) is 0 Å². The van der Waals surface area contributed by atoms with E-state index >= 15 is 0 Å². The first-order valence-corrected chi connectivity index (χ1v) is 0.400. The molecule has 0 unspecified atom stereocenters. The standard InChI is InChI=1S/FH.K.2H2O2.H/c;;2*1-2;/h1H;;2*1-2H;/q;+1;;;-1. The average Bonchev–Trinajstić information content (AvgIpc) is 1.50. The summed E-state index contributed by atoms with van der Waals surface area (Å²) in [7, 11) is 0. The largest absolute Gasteiger partial charge is 1.00 e. The van der Waals surface area contributed by atoms with E-state index in [4.69, 9.17) is 21.0 Å². The van der Waals surface area contributed by atoms with Crippen molar-refractivity contribution in [1.82, 2.24) is 0 Å². The molecule has 4 N–H and O–H groups in total. The summed E-state index contributed by atoms with van der Waals surface area (Å²) in [5.41, 5.74) is 0. The smallest absolute Gasteiger partial charge is 1.00 e. The molecule has 0 saturated heterocycles. The molecule has 6 heavy (non-hydrogen) atoms. The Hall–Kier alpha value is 1.41. The summed E-state index contributed by atoms with van der Waals surface area (Å²) < 4.78 is 0. The van der Waals surface area contributed by atoms with Gasteiger partial charge < -0.3 is 1.43 Å². The van der Waals surface area contributed by atoms with Gasteiger partial charge in [0.2, 0.25) is 0 Å². The van der Waals surface area contributed by atoms with Crippen LogP contribution in [0.1, 0.15) is 1.43 Å². The third-order valence-electron chi connectivity index (χ3n) is 0. The van der Waals surface area contributed by atoms with Gasteiger partial charge in [-0.2, -0.15) is 0 Å². The number of hydrogen-bond acceptors (Lipinski definition) is 4. The van der Waals surface area contributed by atoms with Gasteiger partial charge in [-0.3, -0.25) is 25.7 Å². The molecule has 0 radical (unpaired) electrons. The minimum atomic E-state index is 0. The van der Waals surface area contributed by atoms with Gasteiger partial charge in [-0.25, -0.2) is 0 Å². The minimum Gasteiger partial charge on any atom is -1.00 e. The van der Waals surface area contributed by atoms with E-state index in [1.54, 1.807) is 0 Å². The number of hydrogen-bond donors (Lipinski definition) is 4. The Morgan fingerprint density at radius 1 is 0.833 bits per heavy atom. The first kappa shape index (κ1) is 26.2. The molecule has 0 aromatic rings. The molecule has 0 fully saturated rings. The van der Waals surface area contributed by atoms with Gasteiger partial charge in [-0.15, -0.1) is 0 Å². The fourth-order valence-corrected chi connectivity index (χ4v) is 0. The molecule has 4 nitrogen and oxygen atoms in total. The monoisotopic (exact) mass is 128 g/mol. The van der Waals surface area contributed by atoms with E-state index < -0.39 is 0 Å². The van der Waals surface area contributed by atoms with Gasteiger partial charge >= 0.3 is 51.4 Å². The van der Waals surface area contributed by atoms with Crippen LogP contribution in [0.15, 0.2) is 0 Å². The van der Waals surface area contributed by atoms with Gasteiger partial charge in [0, 0.05) is 0 Å². The van der Waals surface area contributed by atoms with E-state index in [1.807, 2.05) is 0 Å². The van der Waals surface area contributed by atoms with Crippen molar-refractivity contribution in [1.29, 1.82) is 0 Å². The van der Waals surface area contributed by atoms with Crippen molar-refractivity contribution in [2.45, 2.75) is 0 Å². The summed E-state index contributed by atoms with van der Waals surface area (Å²) in [4.78, 5) is 0. The summed E-state index contributed by atoms with van der Waals surface area (Å²) in [6.45, 7) is 0. The second-order valence-electron chi connectivity index (χ2n) is 0. The zero-order chi connectivity index (χ0) is 4.00. The normalized spacial score (nSPS) is 2.00. The fourth-order valence-electron chi connectivity index (χ4n) is 0. The second-order valence-corrected chi connectivity index (χ2v) is 0. The topological polar surface area (TPSA) is 80.9 Å². The molecule has 6 heteroatoms. The molecule has 0 aromatic carbocycles. The van der Waals surface area contributed by atoms with Crippen molar-refractivity contribution in [2.75, 3.05) is 0 Å². The summed E-state index contributed by atoms with van der Waals surface area (Å²) in [5.74, 6) is 0. The van der Waals surface area contributed by atoms with E-state index in [-0.39, 0.29) is 57.5 Å². The molecule has 38 valence electrons. The minimum absolute atomic E-state index is 0. The Balaban J connectivity index is -0.00000000267. The van der Waals surface area contributed by atoms with Crippen LogP contribution in [0.3, 0.4) is 0 Å². The third-order valence-corrected chi connectivity index (χ3v) is 0. The summed E-state index contributed by atoms with van der Waals surface area (Å²) >= 11 is 0. The molecule has 0 spiro atoms. The van der Waals surface area contributed by atoms with Crippen molar-refractivity contribution in [2.24, 2.45) is 0 Å². The van der Waals surface area contributed by atoms with Crippen LogP contribution in [-0.4, -0.2) is 21.0 Å². The van der Waals surface area contributed by atoms with Crippen LogP contribution in [-0.2, 0) is 0 Å². The van der Waals surface area contributed by atoms with Crippen LogP contribution < -0.4 is 51.4 Å². The second kappa shape index (κ2) is 94.7. The molecular formula is H6FKO4. The zero-order valence-electron chi connectivity index (χ0n) is 4.20. The van der Waals surface area contributed by atoms with Crippen LogP contribution in [0, 0.1) is 0 Å². The van der Waals surface area contributed by atoms with Crippen LogP contribution in [0.2, 0.25) is 0 Å². The van der Waals surface area contributed by atoms with Crippen LogP contribution in [0.4, 0.5) is 4.70 Å². The molecule has 0 atom stereocenters. The molecule has 0 aliphatic heterocycles. The Morgan fingerprint density at radius 3 is 0.833 bits per heavy atom. The Kier molecular flexibility index (Phi) is 413. The molecule has 0 bridgehead atoms. The van der Waals surface area contributed by atoms with Gasteiger partial charge in [-0.05, 0) is 0 Å². The van der Waals surface area contributed by atoms with Gasteiger partial charge in [0.1, 0.15) is 0 Å². The first-order chi connectivity index (χ1) is 2.00. The summed E-state index contributed by atoms with van der Waals surface area (Å²) in [6.07, 6.45) is 0. The maximum Gasteiger partial charge on any atom is 1.00 e. The van der Waals surface area contributed by atoms with Gasteiger partial charge in [0.05, 0.1) is 0 Å². The number of rotatable bonds is 0.